The standard InChI is InChI=1S/C12H13ClO4/c1-6(13)5-17-12(16)10-8-3-2-7(4-8)9(10)11(14)15/h2-3,7-10H,1,4-5H2,(H,14,15)/t7-,8-,9+,10+/m0/s1. The first kappa shape index (κ1) is 12.2. The van der Waals surface area contributed by atoms with Crippen molar-refractivity contribution in [2.75, 3.05) is 6.61 Å². The van der Waals surface area contributed by atoms with Crippen LogP contribution >= 0.6 is 11.6 Å². The molecule has 0 spiro atoms. The van der Waals surface area contributed by atoms with Gasteiger partial charge in [0.25, 0.3) is 0 Å². The normalized spacial score (nSPS) is 33.7. The van der Waals surface area contributed by atoms with Gasteiger partial charge >= 0.3 is 11.9 Å². The van der Waals surface area contributed by atoms with E-state index in [9.17, 15) is 9.59 Å². The van der Waals surface area contributed by atoms with Gasteiger partial charge in [0.15, 0.2) is 0 Å². The number of esters is 1. The summed E-state index contributed by atoms with van der Waals surface area (Å²) in [5.74, 6) is -2.74. The molecule has 0 unspecified atom stereocenters. The molecular formula is C12H13ClO4. The third-order valence-electron chi connectivity index (χ3n) is 3.39. The van der Waals surface area contributed by atoms with Crippen molar-refractivity contribution in [2.24, 2.45) is 23.7 Å². The van der Waals surface area contributed by atoms with Gasteiger partial charge in [-0.2, -0.15) is 0 Å². The van der Waals surface area contributed by atoms with Crippen molar-refractivity contribution in [1.29, 1.82) is 0 Å². The second kappa shape index (κ2) is 4.53. The van der Waals surface area contributed by atoms with E-state index < -0.39 is 23.8 Å². The predicted molar refractivity (Wildman–Crippen MR) is 61.3 cm³/mol. The number of ether oxygens (including phenoxy) is 1. The fourth-order valence-electron chi connectivity index (χ4n) is 2.73. The topological polar surface area (TPSA) is 63.6 Å². The number of fused-ring (bicyclic) bond motifs is 2. The summed E-state index contributed by atoms with van der Waals surface area (Å²) in [5.41, 5.74) is 0. The van der Waals surface area contributed by atoms with Gasteiger partial charge in [-0.25, -0.2) is 0 Å². The highest BCUT2D eigenvalue weighted by molar-refractivity contribution is 6.29. The van der Waals surface area contributed by atoms with E-state index in [-0.39, 0.29) is 23.5 Å². The number of hydrogen-bond acceptors (Lipinski definition) is 3. The third-order valence-corrected chi connectivity index (χ3v) is 3.50. The monoisotopic (exact) mass is 256 g/mol. The Labute approximate surface area is 104 Å². The fraction of sp³-hybridized carbons (Fsp3) is 0.500. The molecular weight excluding hydrogens is 244 g/mol. The molecule has 0 aromatic rings. The molecule has 2 bridgehead atoms. The number of carboxylic acid groups (broad SMARTS) is 1. The summed E-state index contributed by atoms with van der Waals surface area (Å²) < 4.78 is 4.95. The maximum atomic E-state index is 11.8. The molecule has 1 saturated carbocycles. The Balaban J connectivity index is 2.08. The van der Waals surface area contributed by atoms with Crippen LogP contribution in [0.25, 0.3) is 0 Å². The summed E-state index contributed by atoms with van der Waals surface area (Å²) in [5, 5.41) is 9.37. The molecule has 4 nitrogen and oxygen atoms in total. The van der Waals surface area contributed by atoms with Crippen molar-refractivity contribution >= 4 is 23.5 Å². The van der Waals surface area contributed by atoms with Gasteiger partial charge in [-0.05, 0) is 18.3 Å². The van der Waals surface area contributed by atoms with E-state index in [1.165, 1.54) is 0 Å². The van der Waals surface area contributed by atoms with Crippen molar-refractivity contribution in [3.8, 4) is 0 Å². The van der Waals surface area contributed by atoms with E-state index in [2.05, 4.69) is 6.58 Å². The van der Waals surface area contributed by atoms with Gasteiger partial charge in [-0.3, -0.25) is 9.59 Å². The van der Waals surface area contributed by atoms with E-state index in [1.807, 2.05) is 12.2 Å². The lowest BCUT2D eigenvalue weighted by Gasteiger charge is -2.22. The number of carboxylic acids is 1. The average molecular weight is 257 g/mol. The highest BCUT2D eigenvalue weighted by Crippen LogP contribution is 2.48. The molecule has 0 aromatic heterocycles. The molecule has 0 radical (unpaired) electrons. The maximum absolute atomic E-state index is 11.8. The maximum Gasteiger partial charge on any atom is 0.310 e. The number of hydrogen-bond donors (Lipinski definition) is 1. The summed E-state index contributed by atoms with van der Waals surface area (Å²) in [6.45, 7) is 3.35. The zero-order valence-corrected chi connectivity index (χ0v) is 9.89. The molecule has 0 saturated heterocycles. The lowest BCUT2D eigenvalue weighted by Crippen LogP contribution is -2.34. The summed E-state index contributed by atoms with van der Waals surface area (Å²) >= 11 is 5.50. The average Bonchev–Trinajstić information content (AvgIpc) is 2.84. The van der Waals surface area contributed by atoms with E-state index in [4.69, 9.17) is 21.4 Å². The van der Waals surface area contributed by atoms with Crippen LogP contribution in [0.2, 0.25) is 0 Å². The highest BCUT2D eigenvalue weighted by atomic mass is 35.5. The molecule has 0 aliphatic heterocycles. The molecule has 0 heterocycles. The second-order valence-corrected chi connectivity index (χ2v) is 5.00. The van der Waals surface area contributed by atoms with Crippen LogP contribution in [0.1, 0.15) is 6.42 Å². The Morgan fingerprint density at radius 3 is 2.47 bits per heavy atom. The lowest BCUT2D eigenvalue weighted by atomic mass is 9.83. The molecule has 2 aliphatic carbocycles. The zero-order valence-electron chi connectivity index (χ0n) is 9.14. The van der Waals surface area contributed by atoms with E-state index in [0.29, 0.717) is 0 Å². The van der Waals surface area contributed by atoms with Crippen LogP contribution in [-0.4, -0.2) is 23.7 Å². The summed E-state index contributed by atoms with van der Waals surface area (Å²) in [6.07, 6.45) is 4.51. The third kappa shape index (κ3) is 2.22. The van der Waals surface area contributed by atoms with Crippen LogP contribution in [0.3, 0.4) is 0 Å². The van der Waals surface area contributed by atoms with Crippen molar-refractivity contribution in [3.63, 3.8) is 0 Å². The van der Waals surface area contributed by atoms with Gasteiger partial charge in [0.2, 0.25) is 0 Å². The summed E-state index contributed by atoms with van der Waals surface area (Å²) in [4.78, 5) is 23.0. The van der Waals surface area contributed by atoms with Gasteiger partial charge in [0, 0.05) is 5.03 Å². The Bertz CT molecular complexity index is 401. The zero-order chi connectivity index (χ0) is 12.6. The van der Waals surface area contributed by atoms with Gasteiger partial charge in [-0.15, -0.1) is 0 Å². The predicted octanol–water partition coefficient (Wildman–Crippen LogP) is 1.80. The van der Waals surface area contributed by atoms with Crippen LogP contribution in [0.5, 0.6) is 0 Å². The highest BCUT2D eigenvalue weighted by Gasteiger charge is 2.52. The van der Waals surface area contributed by atoms with Crippen LogP contribution < -0.4 is 0 Å². The van der Waals surface area contributed by atoms with E-state index in [1.54, 1.807) is 0 Å². The van der Waals surface area contributed by atoms with E-state index >= 15 is 0 Å². The van der Waals surface area contributed by atoms with Gasteiger partial charge in [0.1, 0.15) is 6.61 Å². The van der Waals surface area contributed by atoms with Crippen molar-refractivity contribution in [1.82, 2.24) is 0 Å². The Hall–Kier alpha value is -1.29. The molecule has 1 fully saturated rings. The molecule has 1 N–H and O–H groups in total. The van der Waals surface area contributed by atoms with Crippen LogP contribution in [0.4, 0.5) is 0 Å². The molecule has 0 aromatic carbocycles. The largest absolute Gasteiger partial charge is 0.481 e. The SMILES string of the molecule is C=C(Cl)COC(=O)[C@H]1[C@H](C(=O)O)[C@H]2C=C[C@H]1C2. The molecule has 2 rings (SSSR count). The molecule has 92 valence electrons. The molecule has 5 heteroatoms. The number of carbonyl (C=O) groups is 2. The lowest BCUT2D eigenvalue weighted by molar-refractivity contribution is -0.157. The summed E-state index contributed by atoms with van der Waals surface area (Å²) in [7, 11) is 0. The number of carbonyl (C=O) groups excluding carboxylic acids is 1. The Morgan fingerprint density at radius 2 is 1.94 bits per heavy atom. The minimum Gasteiger partial charge on any atom is -0.481 e. The number of halogens is 1. The molecule has 2 aliphatic rings. The Morgan fingerprint density at radius 1 is 1.35 bits per heavy atom. The quantitative estimate of drug-likeness (QED) is 0.615. The fourth-order valence-corrected chi connectivity index (χ4v) is 2.78. The Kier molecular flexibility index (Phi) is 3.24. The van der Waals surface area contributed by atoms with Crippen LogP contribution in [0.15, 0.2) is 23.8 Å². The van der Waals surface area contributed by atoms with Crippen molar-refractivity contribution in [3.05, 3.63) is 23.8 Å². The number of aliphatic carboxylic acids is 1. The summed E-state index contributed by atoms with van der Waals surface area (Å²) in [6, 6.07) is 0. The van der Waals surface area contributed by atoms with Gasteiger partial charge < -0.3 is 9.84 Å². The molecule has 4 atom stereocenters. The number of rotatable bonds is 4. The molecule has 0 amide bonds. The first-order valence-electron chi connectivity index (χ1n) is 5.41. The van der Waals surface area contributed by atoms with E-state index in [0.717, 1.165) is 6.42 Å². The minimum absolute atomic E-state index is 0.0165. The second-order valence-electron chi connectivity index (χ2n) is 4.46. The van der Waals surface area contributed by atoms with Crippen molar-refractivity contribution in [2.45, 2.75) is 6.42 Å². The smallest absolute Gasteiger partial charge is 0.310 e. The van der Waals surface area contributed by atoms with Gasteiger partial charge in [-0.1, -0.05) is 30.3 Å². The number of allylic oxidation sites excluding steroid dienone is 2. The first-order valence-corrected chi connectivity index (χ1v) is 5.79. The first-order chi connectivity index (χ1) is 8.00. The van der Waals surface area contributed by atoms with Crippen LogP contribution in [-0.2, 0) is 14.3 Å². The van der Waals surface area contributed by atoms with Crippen LogP contribution in [0, 0.1) is 23.7 Å². The molecule has 17 heavy (non-hydrogen) atoms. The van der Waals surface area contributed by atoms with Gasteiger partial charge in [0.05, 0.1) is 11.8 Å². The minimum atomic E-state index is -0.937. The van der Waals surface area contributed by atoms with Crippen molar-refractivity contribution < 1.29 is 19.4 Å².